The third kappa shape index (κ3) is 5.06. The number of anilines is 1. The van der Waals surface area contributed by atoms with Gasteiger partial charge in [0.2, 0.25) is 0 Å². The minimum Gasteiger partial charge on any atom is -0.494 e. The van der Waals surface area contributed by atoms with Crippen LogP contribution in [-0.4, -0.2) is 27.4 Å². The fourth-order valence-corrected chi connectivity index (χ4v) is 2.18. The van der Waals surface area contributed by atoms with Gasteiger partial charge >= 0.3 is 0 Å². The predicted octanol–water partition coefficient (Wildman–Crippen LogP) is 3.03. The number of carbonyl (C=O) groups excluding carboxylic acids is 1. The number of carbonyl (C=O) groups is 1. The number of rotatable bonds is 6. The van der Waals surface area contributed by atoms with E-state index in [-0.39, 0.29) is 11.0 Å². The Morgan fingerprint density at radius 3 is 2.62 bits per heavy atom. The normalized spacial score (nSPS) is 10.3. The van der Waals surface area contributed by atoms with E-state index in [4.69, 9.17) is 17.0 Å². The van der Waals surface area contributed by atoms with Gasteiger partial charge in [0.05, 0.1) is 6.61 Å². The van der Waals surface area contributed by atoms with Crippen LogP contribution in [0.3, 0.4) is 0 Å². The number of unbranched alkanes of at least 4 members (excludes halogenated alkanes) is 1. The maximum Gasteiger partial charge on any atom is 0.277 e. The molecule has 0 atom stereocenters. The lowest BCUT2D eigenvalue weighted by molar-refractivity contribution is 0.0972. The van der Waals surface area contributed by atoms with Crippen LogP contribution in [0.4, 0.5) is 5.69 Å². The van der Waals surface area contributed by atoms with E-state index >= 15 is 0 Å². The molecule has 0 aliphatic rings. The second kappa shape index (κ2) is 8.44. The summed E-state index contributed by atoms with van der Waals surface area (Å²) >= 11 is 5.16. The summed E-state index contributed by atoms with van der Waals surface area (Å²) in [5.74, 6) is 0.476. The van der Waals surface area contributed by atoms with Gasteiger partial charge in [0.1, 0.15) is 5.75 Å². The minimum absolute atomic E-state index is 0.225. The molecule has 24 heavy (non-hydrogen) atoms. The van der Waals surface area contributed by atoms with Crippen LogP contribution in [-0.2, 0) is 7.05 Å². The molecule has 6 nitrogen and oxygen atoms in total. The highest BCUT2D eigenvalue weighted by atomic mass is 32.1. The van der Waals surface area contributed by atoms with Crippen LogP contribution in [0.2, 0.25) is 0 Å². The van der Waals surface area contributed by atoms with E-state index in [1.54, 1.807) is 17.8 Å². The highest BCUT2D eigenvalue weighted by molar-refractivity contribution is 7.80. The third-order valence-electron chi connectivity index (χ3n) is 3.45. The number of hydrogen-bond acceptors (Lipinski definition) is 4. The van der Waals surface area contributed by atoms with Crippen molar-refractivity contribution in [2.45, 2.75) is 26.7 Å². The average molecular weight is 346 g/mol. The van der Waals surface area contributed by atoms with Crippen LogP contribution >= 0.6 is 12.2 Å². The molecule has 1 aromatic heterocycles. The molecule has 0 bridgehead atoms. The van der Waals surface area contributed by atoms with E-state index in [1.807, 2.05) is 31.2 Å². The number of thiocarbonyl (C=S) groups is 1. The highest BCUT2D eigenvalue weighted by Crippen LogP contribution is 2.16. The van der Waals surface area contributed by atoms with E-state index in [2.05, 4.69) is 22.7 Å². The second-order valence-corrected chi connectivity index (χ2v) is 5.84. The first kappa shape index (κ1) is 17.9. The molecule has 2 N–H and O–H groups in total. The van der Waals surface area contributed by atoms with Crippen molar-refractivity contribution in [1.82, 2.24) is 15.1 Å². The van der Waals surface area contributed by atoms with Crippen molar-refractivity contribution in [3.63, 3.8) is 0 Å². The van der Waals surface area contributed by atoms with Crippen molar-refractivity contribution < 1.29 is 9.53 Å². The number of ether oxygens (including phenoxy) is 1. The summed E-state index contributed by atoms with van der Waals surface area (Å²) in [4.78, 5) is 12.1. The molecule has 0 unspecified atom stereocenters. The Kier molecular flexibility index (Phi) is 6.31. The van der Waals surface area contributed by atoms with Gasteiger partial charge in [0, 0.05) is 18.4 Å². The molecule has 0 spiro atoms. The molecule has 0 saturated carbocycles. The highest BCUT2D eigenvalue weighted by Gasteiger charge is 2.12. The Labute approximate surface area is 147 Å². The largest absolute Gasteiger partial charge is 0.494 e. The summed E-state index contributed by atoms with van der Waals surface area (Å²) < 4.78 is 7.24. The van der Waals surface area contributed by atoms with Crippen molar-refractivity contribution in [1.29, 1.82) is 0 Å². The van der Waals surface area contributed by atoms with E-state index in [9.17, 15) is 4.79 Å². The number of nitrogens with zero attached hydrogens (tertiary/aromatic N) is 2. The maximum absolute atomic E-state index is 12.1. The van der Waals surface area contributed by atoms with Gasteiger partial charge in [0.25, 0.3) is 5.91 Å². The average Bonchev–Trinajstić information content (AvgIpc) is 2.89. The first-order valence-electron chi connectivity index (χ1n) is 7.85. The van der Waals surface area contributed by atoms with Crippen LogP contribution in [0, 0.1) is 6.92 Å². The van der Waals surface area contributed by atoms with E-state index in [1.165, 1.54) is 0 Å². The lowest BCUT2D eigenvalue weighted by Gasteiger charge is -2.10. The van der Waals surface area contributed by atoms with Crippen molar-refractivity contribution in [3.8, 4) is 5.75 Å². The Bertz CT molecular complexity index is 690. The zero-order chi connectivity index (χ0) is 17.5. The summed E-state index contributed by atoms with van der Waals surface area (Å²) in [6, 6.07) is 9.14. The van der Waals surface area contributed by atoms with Gasteiger partial charge in [-0.25, -0.2) is 0 Å². The van der Waals surface area contributed by atoms with Crippen molar-refractivity contribution in [3.05, 3.63) is 41.7 Å². The van der Waals surface area contributed by atoms with Crippen molar-refractivity contribution >= 4 is 28.9 Å². The maximum atomic E-state index is 12.1. The van der Waals surface area contributed by atoms with Crippen molar-refractivity contribution in [2.75, 3.05) is 11.9 Å². The van der Waals surface area contributed by atoms with Crippen LogP contribution in [0.1, 0.15) is 35.9 Å². The summed E-state index contributed by atoms with van der Waals surface area (Å²) in [7, 11) is 1.78. The molecule has 0 saturated heterocycles. The third-order valence-corrected chi connectivity index (χ3v) is 3.66. The number of amides is 1. The predicted molar refractivity (Wildman–Crippen MR) is 98.5 cm³/mol. The molecule has 2 rings (SSSR count). The van der Waals surface area contributed by atoms with Gasteiger partial charge in [-0.1, -0.05) is 13.3 Å². The van der Waals surface area contributed by atoms with Gasteiger partial charge < -0.3 is 10.1 Å². The van der Waals surface area contributed by atoms with Gasteiger partial charge in [-0.3, -0.25) is 14.8 Å². The van der Waals surface area contributed by atoms with Crippen LogP contribution < -0.4 is 15.4 Å². The lowest BCUT2D eigenvalue weighted by atomic mass is 10.3. The molecule has 2 aromatic rings. The van der Waals surface area contributed by atoms with E-state index in [0.717, 1.165) is 30.0 Å². The molecule has 7 heteroatoms. The van der Waals surface area contributed by atoms with Crippen molar-refractivity contribution in [2.24, 2.45) is 7.05 Å². The second-order valence-electron chi connectivity index (χ2n) is 5.43. The van der Waals surface area contributed by atoms with Crippen LogP contribution in [0.5, 0.6) is 5.75 Å². The Morgan fingerprint density at radius 2 is 2.04 bits per heavy atom. The number of hydrogen-bond donors (Lipinski definition) is 2. The van der Waals surface area contributed by atoms with Gasteiger partial charge in [0.15, 0.2) is 10.8 Å². The molecule has 0 fully saturated rings. The summed E-state index contributed by atoms with van der Waals surface area (Å²) in [6.07, 6.45) is 2.13. The quantitative estimate of drug-likeness (QED) is 0.622. The SMILES string of the molecule is CCCCOc1ccc(NC(=S)NC(=O)c2cc(C)n(C)n2)cc1. The minimum atomic E-state index is -0.337. The van der Waals surface area contributed by atoms with Gasteiger partial charge in [-0.05, 0) is 55.9 Å². The van der Waals surface area contributed by atoms with E-state index in [0.29, 0.717) is 12.3 Å². The summed E-state index contributed by atoms with van der Waals surface area (Å²) in [5, 5.41) is 9.93. The summed E-state index contributed by atoms with van der Waals surface area (Å²) in [6.45, 7) is 4.71. The smallest absolute Gasteiger partial charge is 0.277 e. The molecule has 1 aromatic carbocycles. The van der Waals surface area contributed by atoms with E-state index < -0.39 is 0 Å². The molecule has 1 amide bonds. The monoisotopic (exact) mass is 346 g/mol. The molecule has 128 valence electrons. The topological polar surface area (TPSA) is 68.2 Å². The summed E-state index contributed by atoms with van der Waals surface area (Å²) in [5.41, 5.74) is 2.01. The zero-order valence-corrected chi connectivity index (χ0v) is 14.9. The fraction of sp³-hybridized carbons (Fsp3) is 0.353. The molecule has 0 aliphatic heterocycles. The number of aryl methyl sites for hydroxylation is 2. The van der Waals surface area contributed by atoms with Crippen LogP contribution in [0.15, 0.2) is 30.3 Å². The standard InChI is InChI=1S/C17H22N4O2S/c1-4-5-10-23-14-8-6-13(7-9-14)18-17(24)19-16(22)15-11-12(2)21(3)20-15/h6-9,11H,4-5,10H2,1-3H3,(H2,18,19,22,24). The molecule has 0 aliphatic carbocycles. The van der Waals surface area contributed by atoms with Crippen LogP contribution in [0.25, 0.3) is 0 Å². The number of benzene rings is 1. The molecular weight excluding hydrogens is 324 g/mol. The molecule has 0 radical (unpaired) electrons. The molecule has 1 heterocycles. The van der Waals surface area contributed by atoms with Gasteiger partial charge in [-0.15, -0.1) is 0 Å². The number of aromatic nitrogens is 2. The molecular formula is C17H22N4O2S. The fourth-order valence-electron chi connectivity index (χ4n) is 1.97. The zero-order valence-electron chi connectivity index (χ0n) is 14.1. The first-order valence-corrected chi connectivity index (χ1v) is 8.26. The number of nitrogens with one attached hydrogen (secondary N) is 2. The first-order chi connectivity index (χ1) is 11.5. The Hall–Kier alpha value is -2.41. The lowest BCUT2D eigenvalue weighted by Crippen LogP contribution is -2.34. The Balaban J connectivity index is 1.86. The van der Waals surface area contributed by atoms with Gasteiger partial charge in [-0.2, -0.15) is 5.10 Å². The Morgan fingerprint density at radius 1 is 1.33 bits per heavy atom.